The molecule has 26 heavy (non-hydrogen) atoms. The zero-order valence-corrected chi connectivity index (χ0v) is 16.1. The van der Waals surface area contributed by atoms with Gasteiger partial charge < -0.3 is 14.8 Å². The highest BCUT2D eigenvalue weighted by Gasteiger charge is 2.43. The molecule has 2 atom stereocenters. The predicted molar refractivity (Wildman–Crippen MR) is 100 cm³/mol. The molecule has 1 N–H and O–H groups in total. The summed E-state index contributed by atoms with van der Waals surface area (Å²) in [6.07, 6.45) is 12.6. The van der Waals surface area contributed by atoms with E-state index in [0.29, 0.717) is 24.8 Å². The first kappa shape index (κ1) is 18.0. The second kappa shape index (κ2) is 8.07. The lowest BCUT2D eigenvalue weighted by atomic mass is 9.89. The van der Waals surface area contributed by atoms with Crippen LogP contribution in [0, 0.1) is 17.8 Å². The molecule has 3 fully saturated rings. The van der Waals surface area contributed by atoms with Crippen molar-refractivity contribution in [2.45, 2.75) is 63.8 Å². The Hall–Kier alpha value is -1.43. The Balaban J connectivity index is 1.28. The van der Waals surface area contributed by atoms with Crippen molar-refractivity contribution in [3.05, 3.63) is 12.2 Å². The highest BCUT2D eigenvalue weighted by Crippen LogP contribution is 2.42. The lowest BCUT2D eigenvalue weighted by molar-refractivity contribution is -0.122. The summed E-state index contributed by atoms with van der Waals surface area (Å²) in [5.41, 5.74) is 0. The van der Waals surface area contributed by atoms with Crippen LogP contribution in [0.15, 0.2) is 6.33 Å². The van der Waals surface area contributed by atoms with E-state index in [-0.39, 0.29) is 5.91 Å². The molecular weight excluding hydrogens is 326 g/mol. The van der Waals surface area contributed by atoms with Gasteiger partial charge in [0.1, 0.15) is 12.2 Å². The molecule has 3 aliphatic rings. The minimum atomic E-state index is 0.170. The van der Waals surface area contributed by atoms with Gasteiger partial charge in [-0.25, -0.2) is 0 Å². The molecule has 2 heterocycles. The fourth-order valence-electron chi connectivity index (χ4n) is 4.99. The minimum absolute atomic E-state index is 0.170. The summed E-state index contributed by atoms with van der Waals surface area (Å²) in [7, 11) is 1.93. The van der Waals surface area contributed by atoms with Gasteiger partial charge in [-0.1, -0.05) is 19.3 Å². The fraction of sp³-hybridized carbons (Fsp3) is 0.850. The highest BCUT2D eigenvalue weighted by atomic mass is 16.1. The topological polar surface area (TPSA) is 63.1 Å². The summed E-state index contributed by atoms with van der Waals surface area (Å²) in [4.78, 5) is 15.1. The summed E-state index contributed by atoms with van der Waals surface area (Å²) in [5.74, 6) is 3.44. The third-order valence-corrected chi connectivity index (χ3v) is 6.64. The third-order valence-electron chi connectivity index (χ3n) is 6.64. The zero-order valence-electron chi connectivity index (χ0n) is 16.1. The molecule has 1 saturated heterocycles. The molecule has 1 aliphatic heterocycles. The van der Waals surface area contributed by atoms with Gasteiger partial charge in [-0.2, -0.15) is 0 Å². The lowest BCUT2D eigenvalue weighted by Crippen LogP contribution is -2.41. The molecule has 2 unspecified atom stereocenters. The molecule has 6 nitrogen and oxygen atoms in total. The number of amides is 1. The van der Waals surface area contributed by atoms with E-state index in [0.717, 1.165) is 24.2 Å². The minimum Gasteiger partial charge on any atom is -0.352 e. The molecule has 1 aromatic heterocycles. The molecule has 0 aromatic carbocycles. The Morgan fingerprint density at radius 1 is 1.19 bits per heavy atom. The number of carbonyl (C=O) groups excluding carboxylic acids is 1. The molecule has 2 saturated carbocycles. The molecule has 4 rings (SSSR count). The van der Waals surface area contributed by atoms with Gasteiger partial charge in [-0.3, -0.25) is 4.79 Å². The summed E-state index contributed by atoms with van der Waals surface area (Å²) in [6, 6.07) is 0.345. The van der Waals surface area contributed by atoms with Gasteiger partial charge in [0.15, 0.2) is 0 Å². The number of likely N-dealkylation sites (tertiary alicyclic amines) is 1. The summed E-state index contributed by atoms with van der Waals surface area (Å²) < 4.78 is 1.89. The van der Waals surface area contributed by atoms with Crippen molar-refractivity contribution in [3.63, 3.8) is 0 Å². The van der Waals surface area contributed by atoms with E-state index < -0.39 is 0 Å². The monoisotopic (exact) mass is 359 g/mol. The Morgan fingerprint density at radius 3 is 2.69 bits per heavy atom. The molecule has 2 aliphatic carbocycles. The van der Waals surface area contributed by atoms with Crippen molar-refractivity contribution in [1.82, 2.24) is 25.0 Å². The smallest absolute Gasteiger partial charge is 0.220 e. The number of hydrogen-bond acceptors (Lipinski definition) is 4. The molecule has 0 radical (unpaired) electrons. The number of aryl methyl sites for hydroxylation is 2. The van der Waals surface area contributed by atoms with E-state index in [4.69, 9.17) is 0 Å². The Kier molecular flexibility index (Phi) is 5.57. The highest BCUT2D eigenvalue weighted by molar-refractivity contribution is 5.76. The second-order valence-corrected chi connectivity index (χ2v) is 8.76. The van der Waals surface area contributed by atoms with E-state index in [9.17, 15) is 4.79 Å². The molecule has 6 heteroatoms. The predicted octanol–water partition coefficient (Wildman–Crippen LogP) is 2.15. The van der Waals surface area contributed by atoms with Crippen molar-refractivity contribution >= 4 is 5.91 Å². The van der Waals surface area contributed by atoms with Gasteiger partial charge in [0.2, 0.25) is 5.91 Å². The molecule has 0 spiro atoms. The first-order chi connectivity index (χ1) is 12.7. The Labute approximate surface area is 156 Å². The van der Waals surface area contributed by atoms with E-state index in [1.807, 2.05) is 11.6 Å². The number of aromatic nitrogens is 3. The van der Waals surface area contributed by atoms with Gasteiger partial charge in [-0.15, -0.1) is 10.2 Å². The SMILES string of the molecule is Cn1cnnc1CCC(=O)NC1CN(CC2CCCCC2)CC1C1CC1. The summed E-state index contributed by atoms with van der Waals surface area (Å²) in [6.45, 7) is 3.48. The fourth-order valence-corrected chi connectivity index (χ4v) is 4.99. The van der Waals surface area contributed by atoms with Crippen LogP contribution in [-0.4, -0.2) is 51.2 Å². The van der Waals surface area contributed by atoms with Crippen LogP contribution in [-0.2, 0) is 18.3 Å². The zero-order chi connectivity index (χ0) is 17.9. The Morgan fingerprint density at radius 2 is 2.00 bits per heavy atom. The van der Waals surface area contributed by atoms with Crippen LogP contribution >= 0.6 is 0 Å². The quantitative estimate of drug-likeness (QED) is 0.810. The average molecular weight is 360 g/mol. The van der Waals surface area contributed by atoms with Crippen LogP contribution in [0.25, 0.3) is 0 Å². The maximum atomic E-state index is 12.5. The first-order valence-electron chi connectivity index (χ1n) is 10.5. The molecule has 144 valence electrons. The van der Waals surface area contributed by atoms with E-state index >= 15 is 0 Å². The molecular formula is C20H33N5O. The number of nitrogens with one attached hydrogen (secondary N) is 1. The summed E-state index contributed by atoms with van der Waals surface area (Å²) in [5, 5.41) is 11.3. The van der Waals surface area contributed by atoms with Crippen LogP contribution in [0.1, 0.15) is 57.2 Å². The van der Waals surface area contributed by atoms with Crippen LogP contribution in [0.3, 0.4) is 0 Å². The third kappa shape index (κ3) is 4.45. The van der Waals surface area contributed by atoms with Gasteiger partial charge in [0.05, 0.1) is 0 Å². The van der Waals surface area contributed by atoms with E-state index in [1.54, 1.807) is 6.33 Å². The van der Waals surface area contributed by atoms with Crippen molar-refractivity contribution in [2.24, 2.45) is 24.8 Å². The standard InChI is InChI=1S/C20H33N5O/c1-24-14-21-23-19(24)9-10-20(26)22-18-13-25(12-17(18)16-7-8-16)11-15-5-3-2-4-6-15/h14-18H,2-13H2,1H3,(H,22,26). The van der Waals surface area contributed by atoms with Gasteiger partial charge in [-0.05, 0) is 43.4 Å². The second-order valence-electron chi connectivity index (χ2n) is 8.76. The Bertz CT molecular complexity index is 605. The first-order valence-corrected chi connectivity index (χ1v) is 10.5. The molecule has 1 aromatic rings. The normalized spacial score (nSPS) is 27.7. The van der Waals surface area contributed by atoms with E-state index in [2.05, 4.69) is 20.4 Å². The van der Waals surface area contributed by atoms with Crippen LogP contribution in [0.2, 0.25) is 0 Å². The average Bonchev–Trinajstić information content (AvgIpc) is 3.29. The van der Waals surface area contributed by atoms with Crippen LogP contribution in [0.5, 0.6) is 0 Å². The summed E-state index contributed by atoms with van der Waals surface area (Å²) >= 11 is 0. The van der Waals surface area contributed by atoms with Gasteiger partial charge >= 0.3 is 0 Å². The van der Waals surface area contributed by atoms with Crippen LogP contribution in [0.4, 0.5) is 0 Å². The number of rotatable bonds is 7. The number of hydrogen-bond donors (Lipinski definition) is 1. The van der Waals surface area contributed by atoms with Gasteiger partial charge in [0, 0.05) is 45.6 Å². The molecule has 0 bridgehead atoms. The maximum absolute atomic E-state index is 12.5. The van der Waals surface area contributed by atoms with Crippen molar-refractivity contribution < 1.29 is 4.79 Å². The maximum Gasteiger partial charge on any atom is 0.220 e. The number of nitrogens with zero attached hydrogens (tertiary/aromatic N) is 4. The van der Waals surface area contributed by atoms with Crippen molar-refractivity contribution in [3.8, 4) is 0 Å². The van der Waals surface area contributed by atoms with Gasteiger partial charge in [0.25, 0.3) is 0 Å². The van der Waals surface area contributed by atoms with Crippen molar-refractivity contribution in [2.75, 3.05) is 19.6 Å². The lowest BCUT2D eigenvalue weighted by Gasteiger charge is -2.26. The molecule has 1 amide bonds. The van der Waals surface area contributed by atoms with Crippen molar-refractivity contribution in [1.29, 1.82) is 0 Å². The largest absolute Gasteiger partial charge is 0.352 e. The number of carbonyl (C=O) groups is 1. The van der Waals surface area contributed by atoms with E-state index in [1.165, 1.54) is 58.0 Å². The van der Waals surface area contributed by atoms with Crippen LogP contribution < -0.4 is 5.32 Å².